The lowest BCUT2D eigenvalue weighted by atomic mass is 10.2. The number of alkyl halides is 2. The van der Waals surface area contributed by atoms with E-state index in [0.717, 1.165) is 11.3 Å². The molecule has 0 saturated heterocycles. The average Bonchev–Trinajstić information content (AvgIpc) is 3.23. The Balaban J connectivity index is 1.83. The Morgan fingerprint density at radius 1 is 1.27 bits per heavy atom. The van der Waals surface area contributed by atoms with Gasteiger partial charge in [-0.05, 0) is 30.3 Å². The molecule has 0 amide bonds. The molecule has 0 radical (unpaired) electrons. The van der Waals surface area contributed by atoms with Crippen molar-refractivity contribution in [2.75, 3.05) is 0 Å². The lowest BCUT2D eigenvalue weighted by molar-refractivity contribution is 0.155. The minimum absolute atomic E-state index is 0.00473. The van der Waals surface area contributed by atoms with Gasteiger partial charge in [-0.3, -0.25) is 9.13 Å². The molecule has 0 spiro atoms. The largest absolute Gasteiger partial charge is 0.330 e. The van der Waals surface area contributed by atoms with E-state index in [1.54, 1.807) is 48.3 Å². The van der Waals surface area contributed by atoms with Crippen LogP contribution in [0.5, 0.6) is 0 Å². The number of thiophene rings is 1. The Morgan fingerprint density at radius 2 is 2.12 bits per heavy atom. The Labute approximate surface area is 150 Å². The van der Waals surface area contributed by atoms with Crippen LogP contribution in [0, 0.1) is 0 Å². The number of imidazole rings is 1. The van der Waals surface area contributed by atoms with Crippen LogP contribution in [0.3, 0.4) is 0 Å². The number of aromatic nitrogens is 5. The van der Waals surface area contributed by atoms with Crippen LogP contribution in [0.2, 0.25) is 0 Å². The highest BCUT2D eigenvalue weighted by atomic mass is 32.1. The molecule has 4 rings (SSSR count). The van der Waals surface area contributed by atoms with Crippen LogP contribution in [0.15, 0.2) is 47.5 Å². The number of pyridine rings is 1. The van der Waals surface area contributed by atoms with Crippen molar-refractivity contribution in [1.82, 2.24) is 24.3 Å². The second-order valence-electron chi connectivity index (χ2n) is 5.71. The molecule has 0 aliphatic heterocycles. The second-order valence-corrected chi connectivity index (χ2v) is 6.83. The van der Waals surface area contributed by atoms with Crippen molar-refractivity contribution in [1.29, 1.82) is 0 Å². The zero-order valence-corrected chi connectivity index (χ0v) is 14.5. The van der Waals surface area contributed by atoms with Crippen molar-refractivity contribution < 1.29 is 8.78 Å². The number of hydrogen-bond donors (Lipinski definition) is 0. The fourth-order valence-electron chi connectivity index (χ4n) is 2.77. The maximum absolute atomic E-state index is 12.8. The van der Waals surface area contributed by atoms with Gasteiger partial charge in [0.1, 0.15) is 0 Å². The quantitative estimate of drug-likeness (QED) is 0.551. The molecule has 26 heavy (non-hydrogen) atoms. The fraction of sp³-hybridized carbons (Fsp3) is 0.176. The van der Waals surface area contributed by atoms with Gasteiger partial charge >= 0.3 is 5.69 Å². The molecular weight excluding hydrogens is 360 g/mol. The van der Waals surface area contributed by atoms with Crippen molar-refractivity contribution in [3.05, 3.63) is 63.8 Å². The summed E-state index contributed by atoms with van der Waals surface area (Å²) >= 11 is 1.02. The van der Waals surface area contributed by atoms with Gasteiger partial charge < -0.3 is 0 Å². The molecule has 4 heterocycles. The van der Waals surface area contributed by atoms with Gasteiger partial charge in [0.15, 0.2) is 5.65 Å². The van der Waals surface area contributed by atoms with E-state index in [1.807, 2.05) is 0 Å². The maximum atomic E-state index is 12.8. The first-order valence-corrected chi connectivity index (χ1v) is 8.56. The molecule has 9 heteroatoms. The van der Waals surface area contributed by atoms with Crippen LogP contribution in [0.1, 0.15) is 17.0 Å². The fourth-order valence-corrected chi connectivity index (χ4v) is 3.61. The van der Waals surface area contributed by atoms with E-state index in [9.17, 15) is 13.6 Å². The Bertz CT molecular complexity index is 1130. The molecule has 0 aliphatic rings. The predicted octanol–water partition coefficient (Wildman–Crippen LogP) is 3.24. The summed E-state index contributed by atoms with van der Waals surface area (Å²) in [7, 11) is 1.64. The van der Waals surface area contributed by atoms with Gasteiger partial charge in [-0.1, -0.05) is 0 Å². The molecule has 0 unspecified atom stereocenters. The minimum atomic E-state index is -2.50. The van der Waals surface area contributed by atoms with Gasteiger partial charge in [0.05, 0.1) is 22.6 Å². The molecule has 0 N–H and O–H groups in total. The van der Waals surface area contributed by atoms with Crippen molar-refractivity contribution in [2.45, 2.75) is 13.0 Å². The highest BCUT2D eigenvalue weighted by molar-refractivity contribution is 7.15. The third-order valence-corrected chi connectivity index (χ3v) is 5.19. The topological polar surface area (TPSA) is 65.6 Å². The van der Waals surface area contributed by atoms with E-state index in [0.29, 0.717) is 27.3 Å². The van der Waals surface area contributed by atoms with Gasteiger partial charge in [0.2, 0.25) is 0 Å². The number of nitrogens with zero attached hydrogens (tertiary/aromatic N) is 5. The molecule has 0 fully saturated rings. The average molecular weight is 373 g/mol. The van der Waals surface area contributed by atoms with Crippen molar-refractivity contribution in [3.8, 4) is 10.4 Å². The van der Waals surface area contributed by atoms with E-state index >= 15 is 0 Å². The first-order valence-electron chi connectivity index (χ1n) is 7.74. The van der Waals surface area contributed by atoms with Crippen LogP contribution in [-0.4, -0.2) is 24.3 Å². The standard InChI is InChI=1S/C17H13F2N5OS/c1-23-16-12(24(17(23)25)9-11-3-2-6-21-22-11)7-10(8-20-16)13-4-5-14(26-13)15(18)19/h2-8,15H,9H2,1H3. The zero-order chi connectivity index (χ0) is 18.3. The summed E-state index contributed by atoms with van der Waals surface area (Å²) in [4.78, 5) is 17.6. The minimum Gasteiger partial charge on any atom is -0.284 e. The number of fused-ring (bicyclic) bond motifs is 1. The summed E-state index contributed by atoms with van der Waals surface area (Å²) in [5.41, 5.74) is 2.24. The van der Waals surface area contributed by atoms with Crippen LogP contribution in [0.25, 0.3) is 21.6 Å². The number of halogens is 2. The summed E-state index contributed by atoms with van der Waals surface area (Å²) in [6.45, 7) is 0.252. The summed E-state index contributed by atoms with van der Waals surface area (Å²) < 4.78 is 28.7. The van der Waals surface area contributed by atoms with Crippen LogP contribution in [0.4, 0.5) is 8.78 Å². The summed E-state index contributed by atoms with van der Waals surface area (Å²) in [5.74, 6) is 0. The molecule has 0 atom stereocenters. The second kappa shape index (κ2) is 6.41. The number of aryl methyl sites for hydroxylation is 1. The van der Waals surface area contributed by atoms with Gasteiger partial charge in [0, 0.05) is 29.9 Å². The third kappa shape index (κ3) is 2.80. The first kappa shape index (κ1) is 16.5. The molecule has 6 nitrogen and oxygen atoms in total. The number of rotatable bonds is 4. The molecule has 0 bridgehead atoms. The molecule has 132 valence electrons. The number of hydrogen-bond acceptors (Lipinski definition) is 5. The Hall–Kier alpha value is -2.94. The van der Waals surface area contributed by atoms with Crippen LogP contribution < -0.4 is 5.69 Å². The molecular formula is C17H13F2N5OS. The van der Waals surface area contributed by atoms with Crippen molar-refractivity contribution >= 4 is 22.5 Å². The smallest absolute Gasteiger partial charge is 0.284 e. The first-order chi connectivity index (χ1) is 12.5. The van der Waals surface area contributed by atoms with E-state index in [4.69, 9.17) is 0 Å². The highest BCUT2D eigenvalue weighted by Crippen LogP contribution is 2.34. The van der Waals surface area contributed by atoms with E-state index in [-0.39, 0.29) is 17.1 Å². The van der Waals surface area contributed by atoms with E-state index in [2.05, 4.69) is 15.2 Å². The maximum Gasteiger partial charge on any atom is 0.330 e. The summed E-state index contributed by atoms with van der Waals surface area (Å²) in [6.07, 6.45) is 0.652. The van der Waals surface area contributed by atoms with Crippen LogP contribution >= 0.6 is 11.3 Å². The highest BCUT2D eigenvalue weighted by Gasteiger charge is 2.16. The molecule has 0 saturated carbocycles. The SMILES string of the molecule is Cn1c(=O)n(Cc2cccnn2)c2cc(-c3ccc(C(F)F)s3)cnc21. The van der Waals surface area contributed by atoms with Gasteiger partial charge in [0.25, 0.3) is 6.43 Å². The molecule has 4 aromatic rings. The summed E-state index contributed by atoms with van der Waals surface area (Å²) in [5, 5.41) is 7.84. The van der Waals surface area contributed by atoms with E-state index in [1.165, 1.54) is 10.6 Å². The zero-order valence-electron chi connectivity index (χ0n) is 13.6. The van der Waals surface area contributed by atoms with Crippen LogP contribution in [-0.2, 0) is 13.6 Å². The lowest BCUT2D eigenvalue weighted by Crippen LogP contribution is -2.23. The Morgan fingerprint density at radius 3 is 2.81 bits per heavy atom. The van der Waals surface area contributed by atoms with E-state index < -0.39 is 6.43 Å². The molecule has 0 aliphatic carbocycles. The van der Waals surface area contributed by atoms with Gasteiger partial charge in [-0.25, -0.2) is 18.6 Å². The Kier molecular flexibility index (Phi) is 4.08. The van der Waals surface area contributed by atoms with Crippen molar-refractivity contribution in [3.63, 3.8) is 0 Å². The molecule has 0 aromatic carbocycles. The monoisotopic (exact) mass is 373 g/mol. The molecule has 4 aromatic heterocycles. The third-order valence-electron chi connectivity index (χ3n) is 4.05. The normalized spacial score (nSPS) is 11.5. The predicted molar refractivity (Wildman–Crippen MR) is 94.4 cm³/mol. The summed E-state index contributed by atoms with van der Waals surface area (Å²) in [6, 6.07) is 8.38. The van der Waals surface area contributed by atoms with Gasteiger partial charge in [-0.15, -0.1) is 11.3 Å². The van der Waals surface area contributed by atoms with Crippen molar-refractivity contribution in [2.24, 2.45) is 7.05 Å². The lowest BCUT2D eigenvalue weighted by Gasteiger charge is -2.03. The van der Waals surface area contributed by atoms with Gasteiger partial charge in [-0.2, -0.15) is 10.2 Å².